The fourth-order valence-corrected chi connectivity index (χ4v) is 1.48. The molecule has 78 valence electrons. The molecule has 6 heteroatoms. The van der Waals surface area contributed by atoms with E-state index in [9.17, 15) is 13.9 Å². The monoisotopic (exact) mass is 266 g/mol. The van der Waals surface area contributed by atoms with Crippen LogP contribution >= 0.6 is 15.9 Å². The quantitative estimate of drug-likeness (QED) is 0.709. The van der Waals surface area contributed by atoms with Gasteiger partial charge in [0, 0.05) is 12.6 Å². The zero-order valence-corrected chi connectivity index (χ0v) is 8.68. The van der Waals surface area contributed by atoms with Gasteiger partial charge in [-0.3, -0.25) is 0 Å². The van der Waals surface area contributed by atoms with Crippen molar-refractivity contribution in [3.8, 4) is 5.75 Å². The topological polar surface area (TPSA) is 72.3 Å². The Bertz CT molecular complexity index is 333. The minimum Gasteiger partial charge on any atom is -0.506 e. The van der Waals surface area contributed by atoms with Crippen LogP contribution in [0.5, 0.6) is 5.75 Å². The van der Waals surface area contributed by atoms with Gasteiger partial charge in [0.05, 0.1) is 10.0 Å². The number of rotatable bonds is 2. The van der Waals surface area contributed by atoms with E-state index in [4.69, 9.17) is 11.5 Å². The Balaban J connectivity index is 3.39. The molecular weight excluding hydrogens is 258 g/mol. The maximum Gasteiger partial charge on any atom is 0.167 e. The Morgan fingerprint density at radius 2 is 2.07 bits per heavy atom. The molecular formula is C8H9BrF2N2O. The molecule has 5 N–H and O–H groups in total. The smallest absolute Gasteiger partial charge is 0.167 e. The number of phenols is 1. The van der Waals surface area contributed by atoms with Gasteiger partial charge < -0.3 is 16.6 Å². The van der Waals surface area contributed by atoms with Gasteiger partial charge in [0.1, 0.15) is 5.75 Å². The number of benzene rings is 1. The normalized spacial score (nSPS) is 12.9. The average Bonchev–Trinajstić information content (AvgIpc) is 2.15. The summed E-state index contributed by atoms with van der Waals surface area (Å²) >= 11 is 2.88. The molecule has 0 fully saturated rings. The molecule has 0 spiro atoms. The van der Waals surface area contributed by atoms with Crippen molar-refractivity contribution in [1.82, 2.24) is 0 Å². The zero-order chi connectivity index (χ0) is 10.9. The van der Waals surface area contributed by atoms with E-state index < -0.39 is 23.4 Å². The predicted octanol–water partition coefficient (Wildman–Crippen LogP) is 1.39. The van der Waals surface area contributed by atoms with Crippen LogP contribution in [0.4, 0.5) is 8.78 Å². The van der Waals surface area contributed by atoms with Crippen molar-refractivity contribution in [1.29, 1.82) is 0 Å². The Morgan fingerprint density at radius 1 is 1.50 bits per heavy atom. The molecule has 0 aromatic heterocycles. The number of hydrogen-bond acceptors (Lipinski definition) is 3. The Morgan fingerprint density at radius 3 is 2.57 bits per heavy atom. The summed E-state index contributed by atoms with van der Waals surface area (Å²) in [6, 6.07) is -0.0979. The summed E-state index contributed by atoms with van der Waals surface area (Å²) in [4.78, 5) is 0. The molecule has 0 saturated heterocycles. The number of halogens is 3. The molecule has 1 atom stereocenters. The van der Waals surface area contributed by atoms with E-state index in [-0.39, 0.29) is 16.6 Å². The van der Waals surface area contributed by atoms with Crippen molar-refractivity contribution in [2.45, 2.75) is 6.04 Å². The maximum atomic E-state index is 13.2. The third-order valence-corrected chi connectivity index (χ3v) is 2.41. The van der Waals surface area contributed by atoms with Crippen LogP contribution in [0.1, 0.15) is 11.6 Å². The average molecular weight is 267 g/mol. The summed E-state index contributed by atoms with van der Waals surface area (Å²) in [6.07, 6.45) is 0. The van der Waals surface area contributed by atoms with Crippen LogP contribution < -0.4 is 11.5 Å². The van der Waals surface area contributed by atoms with Gasteiger partial charge in [0.2, 0.25) is 0 Å². The van der Waals surface area contributed by atoms with Gasteiger partial charge in [0.25, 0.3) is 0 Å². The first-order chi connectivity index (χ1) is 6.49. The Kier molecular flexibility index (Phi) is 3.41. The maximum absolute atomic E-state index is 13.2. The standard InChI is InChI=1S/C8H9BrF2N2O/c9-3-1-4(10)7(11)6(8(3)14)5(13)2-12/h1,5,14H,2,12-13H2/t5-/m0/s1. The number of phenolic OH excluding ortho intramolecular Hbond substituents is 1. The van der Waals surface area contributed by atoms with Gasteiger partial charge in [-0.15, -0.1) is 0 Å². The van der Waals surface area contributed by atoms with E-state index in [1.807, 2.05) is 0 Å². The van der Waals surface area contributed by atoms with E-state index in [2.05, 4.69) is 15.9 Å². The van der Waals surface area contributed by atoms with Crippen LogP contribution in [0.15, 0.2) is 10.5 Å². The van der Waals surface area contributed by atoms with Crippen LogP contribution in [0.25, 0.3) is 0 Å². The second kappa shape index (κ2) is 4.20. The largest absolute Gasteiger partial charge is 0.506 e. The van der Waals surface area contributed by atoms with Gasteiger partial charge in [-0.1, -0.05) is 0 Å². The molecule has 0 bridgehead atoms. The summed E-state index contributed by atoms with van der Waals surface area (Å²) < 4.78 is 26.1. The Labute approximate surface area is 87.8 Å². The molecule has 1 aromatic rings. The summed E-state index contributed by atoms with van der Waals surface area (Å²) in [5, 5.41) is 9.42. The minimum absolute atomic E-state index is 0.0512. The van der Waals surface area contributed by atoms with Crippen molar-refractivity contribution >= 4 is 15.9 Å². The molecule has 0 aliphatic rings. The fraction of sp³-hybridized carbons (Fsp3) is 0.250. The van der Waals surface area contributed by atoms with E-state index >= 15 is 0 Å². The van der Waals surface area contributed by atoms with Crippen LogP contribution in [0.2, 0.25) is 0 Å². The lowest BCUT2D eigenvalue weighted by atomic mass is 10.1. The van der Waals surface area contributed by atoms with Crippen LogP contribution in [0, 0.1) is 11.6 Å². The first kappa shape index (κ1) is 11.4. The van der Waals surface area contributed by atoms with E-state index in [1.165, 1.54) is 0 Å². The van der Waals surface area contributed by atoms with Crippen LogP contribution in [-0.4, -0.2) is 11.7 Å². The Hall–Kier alpha value is -0.720. The predicted molar refractivity (Wildman–Crippen MR) is 51.7 cm³/mol. The van der Waals surface area contributed by atoms with Crippen molar-refractivity contribution in [2.75, 3.05) is 6.54 Å². The molecule has 0 unspecified atom stereocenters. The highest BCUT2D eigenvalue weighted by atomic mass is 79.9. The molecule has 0 radical (unpaired) electrons. The highest BCUT2D eigenvalue weighted by Crippen LogP contribution is 2.34. The van der Waals surface area contributed by atoms with Crippen LogP contribution in [0.3, 0.4) is 0 Å². The lowest BCUT2D eigenvalue weighted by molar-refractivity contribution is 0.428. The molecule has 0 amide bonds. The summed E-state index contributed by atoms with van der Waals surface area (Å²) in [7, 11) is 0. The van der Waals surface area contributed by atoms with Gasteiger partial charge in [0.15, 0.2) is 11.6 Å². The lowest BCUT2D eigenvalue weighted by Gasteiger charge is -2.13. The number of aromatic hydroxyl groups is 1. The van der Waals surface area contributed by atoms with Gasteiger partial charge in [-0.25, -0.2) is 8.78 Å². The summed E-state index contributed by atoms with van der Waals surface area (Å²) in [5.74, 6) is -2.65. The van der Waals surface area contributed by atoms with Crippen molar-refractivity contribution < 1.29 is 13.9 Å². The molecule has 1 aromatic carbocycles. The third kappa shape index (κ3) is 1.87. The SMILES string of the molecule is NC[C@H](N)c1c(O)c(Br)cc(F)c1F. The zero-order valence-electron chi connectivity index (χ0n) is 7.10. The molecule has 0 aliphatic carbocycles. The van der Waals surface area contributed by atoms with Crippen molar-refractivity contribution in [2.24, 2.45) is 11.5 Å². The van der Waals surface area contributed by atoms with Gasteiger partial charge in [-0.05, 0) is 22.0 Å². The van der Waals surface area contributed by atoms with Gasteiger partial charge >= 0.3 is 0 Å². The van der Waals surface area contributed by atoms with Crippen molar-refractivity contribution in [3.63, 3.8) is 0 Å². The first-order valence-electron chi connectivity index (χ1n) is 3.81. The molecule has 14 heavy (non-hydrogen) atoms. The molecule has 3 nitrogen and oxygen atoms in total. The minimum atomic E-state index is -1.16. The van der Waals surface area contributed by atoms with E-state index in [0.29, 0.717) is 0 Å². The first-order valence-corrected chi connectivity index (χ1v) is 4.60. The van der Waals surface area contributed by atoms with Crippen LogP contribution in [-0.2, 0) is 0 Å². The number of nitrogens with two attached hydrogens (primary N) is 2. The molecule has 0 aliphatic heterocycles. The highest BCUT2D eigenvalue weighted by molar-refractivity contribution is 9.10. The van der Waals surface area contributed by atoms with E-state index in [1.54, 1.807) is 0 Å². The molecule has 0 heterocycles. The number of hydrogen-bond donors (Lipinski definition) is 3. The summed E-state index contributed by atoms with van der Waals surface area (Å²) in [5.41, 5.74) is 10.3. The van der Waals surface area contributed by atoms with Gasteiger partial charge in [-0.2, -0.15) is 0 Å². The lowest BCUT2D eigenvalue weighted by Crippen LogP contribution is -2.22. The second-order valence-corrected chi connectivity index (χ2v) is 3.61. The highest BCUT2D eigenvalue weighted by Gasteiger charge is 2.21. The fourth-order valence-electron chi connectivity index (χ4n) is 1.06. The second-order valence-electron chi connectivity index (χ2n) is 2.76. The van der Waals surface area contributed by atoms with Crippen molar-refractivity contribution in [3.05, 3.63) is 27.7 Å². The summed E-state index contributed by atoms with van der Waals surface area (Å²) in [6.45, 7) is -0.0830. The molecule has 0 saturated carbocycles. The molecule has 1 rings (SSSR count). The van der Waals surface area contributed by atoms with E-state index in [0.717, 1.165) is 6.07 Å². The third-order valence-electron chi connectivity index (χ3n) is 1.81.